The summed E-state index contributed by atoms with van der Waals surface area (Å²) in [6, 6.07) is 55.4. The summed E-state index contributed by atoms with van der Waals surface area (Å²) < 4.78 is 17.0. The van der Waals surface area contributed by atoms with E-state index in [9.17, 15) is 4.57 Å². The molecule has 0 saturated carbocycles. The molecule has 2 aromatic heterocycles. The number of nitrogens with zero attached hydrogens (tertiary/aromatic N) is 2. The van der Waals surface area contributed by atoms with Crippen LogP contribution < -0.4 is 15.9 Å². The first-order valence-corrected chi connectivity index (χ1v) is 16.1. The van der Waals surface area contributed by atoms with Crippen molar-refractivity contribution in [3.8, 4) is 22.4 Å². The Hall–Kier alpha value is -5.24. The molecule has 0 aliphatic heterocycles. The lowest BCUT2D eigenvalue weighted by Gasteiger charge is -2.20. The van der Waals surface area contributed by atoms with Crippen molar-refractivity contribution in [3.63, 3.8) is 0 Å². The van der Waals surface area contributed by atoms with E-state index in [-0.39, 0.29) is 0 Å². The molecule has 0 amide bonds. The molecule has 204 valence electrons. The SMILES string of the molecule is O=P(c1ccccc1)(c1ccccc1)c1ccc(-c2ccc(-c3nc4ccccc4n4c3cc3ccccc34)cc2)cc1. The Bertz CT molecular complexity index is 2250. The third-order valence-electron chi connectivity index (χ3n) is 8.27. The minimum Gasteiger partial charge on any atom is -0.309 e. The van der Waals surface area contributed by atoms with E-state index in [4.69, 9.17) is 4.98 Å². The summed E-state index contributed by atoms with van der Waals surface area (Å²) >= 11 is 0. The predicted molar refractivity (Wildman–Crippen MR) is 180 cm³/mol. The van der Waals surface area contributed by atoms with Crippen molar-refractivity contribution in [2.45, 2.75) is 0 Å². The molecule has 43 heavy (non-hydrogen) atoms. The van der Waals surface area contributed by atoms with E-state index < -0.39 is 7.14 Å². The summed E-state index contributed by atoms with van der Waals surface area (Å²) in [6.45, 7) is 0. The fourth-order valence-electron chi connectivity index (χ4n) is 6.13. The fourth-order valence-corrected chi connectivity index (χ4v) is 8.78. The van der Waals surface area contributed by atoms with Crippen LogP contribution in [0.15, 0.2) is 164 Å². The standard InChI is InChI=1S/C39H27N2OP/c42-43(32-12-3-1-4-13-32,33-14-5-2-6-15-33)34-25-23-29(24-26-34)28-19-21-30(22-20-28)39-38-27-31-11-7-9-17-36(31)41(38)37-18-10-8-16-35(37)40-39/h1-27H. The average molecular weight is 571 g/mol. The van der Waals surface area contributed by atoms with E-state index in [1.54, 1.807) is 0 Å². The zero-order chi connectivity index (χ0) is 28.8. The van der Waals surface area contributed by atoms with Gasteiger partial charge in [0.05, 0.1) is 27.8 Å². The van der Waals surface area contributed by atoms with Crippen molar-refractivity contribution in [1.29, 1.82) is 0 Å². The molecule has 0 atom stereocenters. The smallest absolute Gasteiger partial charge is 0.171 e. The molecule has 8 rings (SSSR count). The van der Waals surface area contributed by atoms with Crippen molar-refractivity contribution in [3.05, 3.63) is 164 Å². The van der Waals surface area contributed by atoms with Gasteiger partial charge in [-0.3, -0.25) is 0 Å². The second-order valence-corrected chi connectivity index (χ2v) is 13.5. The number of benzene rings is 6. The van der Waals surface area contributed by atoms with Gasteiger partial charge in [0.15, 0.2) is 7.14 Å². The van der Waals surface area contributed by atoms with Gasteiger partial charge in [-0.25, -0.2) is 4.98 Å². The van der Waals surface area contributed by atoms with Gasteiger partial charge in [-0.05, 0) is 35.4 Å². The monoisotopic (exact) mass is 570 g/mol. The molecule has 2 heterocycles. The molecule has 0 saturated heterocycles. The van der Waals surface area contributed by atoms with Gasteiger partial charge < -0.3 is 8.97 Å². The van der Waals surface area contributed by atoms with E-state index in [0.717, 1.165) is 54.8 Å². The third-order valence-corrected chi connectivity index (χ3v) is 11.3. The molecule has 0 unspecified atom stereocenters. The molecule has 0 spiro atoms. The second kappa shape index (κ2) is 10.2. The van der Waals surface area contributed by atoms with Crippen LogP contribution in [0.4, 0.5) is 0 Å². The highest BCUT2D eigenvalue weighted by molar-refractivity contribution is 7.85. The highest BCUT2D eigenvalue weighted by Crippen LogP contribution is 2.42. The van der Waals surface area contributed by atoms with Crippen LogP contribution in [0.2, 0.25) is 0 Å². The second-order valence-electron chi connectivity index (χ2n) is 10.8. The molecule has 0 aliphatic rings. The van der Waals surface area contributed by atoms with E-state index in [1.807, 2.05) is 78.9 Å². The van der Waals surface area contributed by atoms with Crippen molar-refractivity contribution in [2.24, 2.45) is 0 Å². The van der Waals surface area contributed by atoms with Gasteiger partial charge in [0.1, 0.15) is 0 Å². The Kier molecular flexibility index (Phi) is 6.06. The van der Waals surface area contributed by atoms with Crippen LogP contribution in [0.3, 0.4) is 0 Å². The summed E-state index contributed by atoms with van der Waals surface area (Å²) in [5.41, 5.74) is 8.54. The average Bonchev–Trinajstić information content (AvgIpc) is 3.49. The van der Waals surface area contributed by atoms with Gasteiger partial charge in [-0.2, -0.15) is 0 Å². The highest BCUT2D eigenvalue weighted by Gasteiger charge is 2.29. The van der Waals surface area contributed by atoms with Crippen LogP contribution in [0.5, 0.6) is 0 Å². The Labute approximate surface area is 250 Å². The Morgan fingerprint density at radius 3 is 1.58 bits per heavy atom. The predicted octanol–water partition coefficient (Wildman–Crippen LogP) is 8.61. The summed E-state index contributed by atoms with van der Waals surface area (Å²) in [5, 5.41) is 3.70. The lowest BCUT2D eigenvalue weighted by molar-refractivity contribution is 0.592. The zero-order valence-corrected chi connectivity index (χ0v) is 24.2. The quantitative estimate of drug-likeness (QED) is 0.194. The Morgan fingerprint density at radius 1 is 0.442 bits per heavy atom. The lowest BCUT2D eigenvalue weighted by Crippen LogP contribution is -2.24. The summed E-state index contributed by atoms with van der Waals surface area (Å²) in [4.78, 5) is 5.12. The maximum absolute atomic E-state index is 14.7. The van der Waals surface area contributed by atoms with E-state index in [2.05, 4.69) is 89.3 Å². The van der Waals surface area contributed by atoms with Gasteiger partial charge in [0.25, 0.3) is 0 Å². The molecule has 0 radical (unpaired) electrons. The van der Waals surface area contributed by atoms with Crippen LogP contribution in [0.1, 0.15) is 0 Å². The van der Waals surface area contributed by atoms with Crippen molar-refractivity contribution < 1.29 is 4.57 Å². The molecular formula is C39H27N2OP. The number of para-hydroxylation sites is 3. The van der Waals surface area contributed by atoms with Crippen LogP contribution in [-0.4, -0.2) is 9.38 Å². The van der Waals surface area contributed by atoms with Crippen molar-refractivity contribution in [2.75, 3.05) is 0 Å². The number of hydrogen-bond donors (Lipinski definition) is 0. The molecule has 0 aliphatic carbocycles. The van der Waals surface area contributed by atoms with Crippen molar-refractivity contribution >= 4 is 50.5 Å². The van der Waals surface area contributed by atoms with Crippen molar-refractivity contribution in [1.82, 2.24) is 9.38 Å². The third kappa shape index (κ3) is 4.21. The number of fused-ring (bicyclic) bond motifs is 5. The minimum atomic E-state index is -3.00. The maximum atomic E-state index is 14.7. The van der Waals surface area contributed by atoms with Crippen LogP contribution >= 0.6 is 7.14 Å². The van der Waals surface area contributed by atoms with Crippen LogP contribution in [-0.2, 0) is 4.57 Å². The molecule has 3 nitrogen and oxygen atoms in total. The molecule has 4 heteroatoms. The topological polar surface area (TPSA) is 34.4 Å². The highest BCUT2D eigenvalue weighted by atomic mass is 31.2. The molecular weight excluding hydrogens is 543 g/mol. The Morgan fingerprint density at radius 2 is 0.930 bits per heavy atom. The van der Waals surface area contributed by atoms with Crippen LogP contribution in [0.25, 0.3) is 49.8 Å². The normalized spacial score (nSPS) is 11.8. The Balaban J connectivity index is 1.19. The first-order valence-electron chi connectivity index (χ1n) is 14.4. The van der Waals surface area contributed by atoms with Gasteiger partial charge in [0.2, 0.25) is 0 Å². The summed E-state index contributed by atoms with van der Waals surface area (Å²) in [7, 11) is -3.00. The van der Waals surface area contributed by atoms with Gasteiger partial charge in [-0.1, -0.05) is 140 Å². The largest absolute Gasteiger partial charge is 0.309 e. The lowest BCUT2D eigenvalue weighted by atomic mass is 10.0. The molecule has 6 aromatic carbocycles. The van der Waals surface area contributed by atoms with Crippen LogP contribution in [0, 0.1) is 0 Å². The van der Waals surface area contributed by atoms with Gasteiger partial charge in [-0.15, -0.1) is 0 Å². The molecule has 0 N–H and O–H groups in total. The van der Waals surface area contributed by atoms with E-state index in [1.165, 1.54) is 10.9 Å². The number of rotatable bonds is 5. The first-order chi connectivity index (χ1) is 21.2. The number of aromatic nitrogens is 2. The molecule has 0 fully saturated rings. The van der Waals surface area contributed by atoms with E-state index in [0.29, 0.717) is 0 Å². The van der Waals surface area contributed by atoms with Gasteiger partial charge >= 0.3 is 0 Å². The molecule has 0 bridgehead atoms. The first kappa shape index (κ1) is 25.5. The summed E-state index contributed by atoms with van der Waals surface area (Å²) in [5.74, 6) is 0. The summed E-state index contributed by atoms with van der Waals surface area (Å²) in [6.07, 6.45) is 0. The fraction of sp³-hybridized carbons (Fsp3) is 0. The maximum Gasteiger partial charge on any atom is 0.171 e. The van der Waals surface area contributed by atoms with E-state index >= 15 is 0 Å². The zero-order valence-electron chi connectivity index (χ0n) is 23.3. The number of hydrogen-bond acceptors (Lipinski definition) is 2. The van der Waals surface area contributed by atoms with Gasteiger partial charge in [0, 0.05) is 26.9 Å². The minimum absolute atomic E-state index is 0.827. The molecule has 8 aromatic rings.